The molecule has 0 unspecified atom stereocenters. The number of nitrogens with zero attached hydrogens (tertiary/aromatic N) is 5. The highest BCUT2D eigenvalue weighted by molar-refractivity contribution is 5.80. The number of aryl methyl sites for hydroxylation is 2. The average molecular weight is 323 g/mol. The molecule has 0 radical (unpaired) electrons. The Morgan fingerprint density at radius 2 is 2.08 bits per heavy atom. The Morgan fingerprint density at radius 1 is 1.21 bits per heavy atom. The van der Waals surface area contributed by atoms with E-state index >= 15 is 0 Å². The molecule has 0 bridgehead atoms. The molecule has 1 fully saturated rings. The Balaban J connectivity index is 1.59. The molecule has 0 saturated carbocycles. The maximum Gasteiger partial charge on any atom is 0.226 e. The summed E-state index contributed by atoms with van der Waals surface area (Å²) in [5.74, 6) is 2.36. The SMILES string of the molecule is CCc1nc([C@@H]2CCCN2Cc2nc(C)c3ccccc3n2)no1. The van der Waals surface area contributed by atoms with Crippen LogP contribution in [0, 0.1) is 6.92 Å². The molecule has 1 aromatic carbocycles. The van der Waals surface area contributed by atoms with Gasteiger partial charge < -0.3 is 4.52 Å². The third-order valence-corrected chi connectivity index (χ3v) is 4.63. The molecule has 0 spiro atoms. The fourth-order valence-corrected chi connectivity index (χ4v) is 3.40. The molecule has 6 heteroatoms. The van der Waals surface area contributed by atoms with E-state index < -0.39 is 0 Å². The number of benzene rings is 1. The van der Waals surface area contributed by atoms with E-state index in [-0.39, 0.29) is 6.04 Å². The van der Waals surface area contributed by atoms with Crippen LogP contribution in [0.15, 0.2) is 28.8 Å². The summed E-state index contributed by atoms with van der Waals surface area (Å²) in [6.45, 7) is 5.79. The van der Waals surface area contributed by atoms with Crippen LogP contribution in [0.5, 0.6) is 0 Å². The van der Waals surface area contributed by atoms with Gasteiger partial charge in [0, 0.05) is 17.5 Å². The van der Waals surface area contributed by atoms with E-state index in [1.807, 2.05) is 32.0 Å². The van der Waals surface area contributed by atoms with Gasteiger partial charge in [-0.25, -0.2) is 9.97 Å². The van der Waals surface area contributed by atoms with Crippen LogP contribution < -0.4 is 0 Å². The number of aromatic nitrogens is 4. The predicted octanol–water partition coefficient (Wildman–Crippen LogP) is 3.22. The van der Waals surface area contributed by atoms with Gasteiger partial charge in [0.25, 0.3) is 0 Å². The Labute approximate surface area is 140 Å². The summed E-state index contributed by atoms with van der Waals surface area (Å²) in [4.78, 5) is 16.3. The van der Waals surface area contributed by atoms with Crippen LogP contribution in [-0.4, -0.2) is 31.6 Å². The second kappa shape index (κ2) is 6.28. The van der Waals surface area contributed by atoms with Gasteiger partial charge in [-0.15, -0.1) is 0 Å². The summed E-state index contributed by atoms with van der Waals surface area (Å²) < 4.78 is 5.28. The third-order valence-electron chi connectivity index (χ3n) is 4.63. The van der Waals surface area contributed by atoms with Crippen molar-refractivity contribution in [2.45, 2.75) is 45.7 Å². The lowest BCUT2D eigenvalue weighted by atomic mass is 10.2. The summed E-state index contributed by atoms with van der Waals surface area (Å²) in [5.41, 5.74) is 2.03. The quantitative estimate of drug-likeness (QED) is 0.734. The maximum atomic E-state index is 5.28. The van der Waals surface area contributed by atoms with E-state index in [4.69, 9.17) is 14.5 Å². The molecule has 2 aromatic heterocycles. The monoisotopic (exact) mass is 323 g/mol. The zero-order chi connectivity index (χ0) is 16.5. The van der Waals surface area contributed by atoms with E-state index in [9.17, 15) is 0 Å². The van der Waals surface area contributed by atoms with Crippen molar-refractivity contribution in [2.24, 2.45) is 0 Å². The number of likely N-dealkylation sites (tertiary alicyclic amines) is 1. The molecule has 1 aliphatic rings. The second-order valence-electron chi connectivity index (χ2n) is 6.27. The van der Waals surface area contributed by atoms with E-state index in [0.717, 1.165) is 54.1 Å². The largest absolute Gasteiger partial charge is 0.339 e. The first-order valence-electron chi connectivity index (χ1n) is 8.53. The summed E-state index contributed by atoms with van der Waals surface area (Å²) >= 11 is 0. The zero-order valence-electron chi connectivity index (χ0n) is 14.1. The predicted molar refractivity (Wildman–Crippen MR) is 90.3 cm³/mol. The van der Waals surface area contributed by atoms with Crippen molar-refractivity contribution in [3.05, 3.63) is 47.5 Å². The minimum Gasteiger partial charge on any atom is -0.339 e. The highest BCUT2D eigenvalue weighted by Crippen LogP contribution is 2.31. The molecule has 1 saturated heterocycles. The van der Waals surface area contributed by atoms with Gasteiger partial charge in [-0.05, 0) is 32.4 Å². The van der Waals surface area contributed by atoms with Crippen molar-refractivity contribution in [3.8, 4) is 0 Å². The first kappa shape index (κ1) is 15.2. The molecule has 24 heavy (non-hydrogen) atoms. The summed E-state index contributed by atoms with van der Waals surface area (Å²) in [7, 11) is 0. The first-order valence-corrected chi connectivity index (χ1v) is 8.53. The van der Waals surface area contributed by atoms with Gasteiger partial charge in [-0.2, -0.15) is 4.98 Å². The van der Waals surface area contributed by atoms with E-state index in [1.54, 1.807) is 0 Å². The van der Waals surface area contributed by atoms with Crippen LogP contribution in [0.3, 0.4) is 0 Å². The molecule has 0 amide bonds. The Morgan fingerprint density at radius 3 is 2.92 bits per heavy atom. The number of rotatable bonds is 4. The number of hydrogen-bond acceptors (Lipinski definition) is 6. The molecule has 0 aliphatic carbocycles. The molecule has 6 nitrogen and oxygen atoms in total. The smallest absolute Gasteiger partial charge is 0.226 e. The molecule has 1 atom stereocenters. The molecular formula is C18H21N5O. The fourth-order valence-electron chi connectivity index (χ4n) is 3.40. The highest BCUT2D eigenvalue weighted by Gasteiger charge is 2.30. The number of hydrogen-bond donors (Lipinski definition) is 0. The van der Waals surface area contributed by atoms with Gasteiger partial charge in [-0.1, -0.05) is 30.3 Å². The number of fused-ring (bicyclic) bond motifs is 1. The first-order chi connectivity index (χ1) is 11.7. The van der Waals surface area contributed by atoms with E-state index in [1.165, 1.54) is 0 Å². The summed E-state index contributed by atoms with van der Waals surface area (Å²) in [6, 6.07) is 8.35. The van der Waals surface area contributed by atoms with Crippen molar-refractivity contribution >= 4 is 10.9 Å². The lowest BCUT2D eigenvalue weighted by Crippen LogP contribution is -2.25. The zero-order valence-corrected chi connectivity index (χ0v) is 14.1. The third kappa shape index (κ3) is 2.78. The van der Waals surface area contributed by atoms with Crippen molar-refractivity contribution in [1.29, 1.82) is 0 Å². The average Bonchev–Trinajstić information content (AvgIpc) is 3.23. The number of para-hydroxylation sites is 1. The van der Waals surface area contributed by atoms with Gasteiger partial charge in [0.15, 0.2) is 5.82 Å². The van der Waals surface area contributed by atoms with Crippen molar-refractivity contribution in [1.82, 2.24) is 25.0 Å². The topological polar surface area (TPSA) is 67.9 Å². The molecule has 3 aromatic rings. The van der Waals surface area contributed by atoms with Crippen molar-refractivity contribution in [2.75, 3.05) is 6.54 Å². The minimum absolute atomic E-state index is 0.199. The maximum absolute atomic E-state index is 5.28. The Hall–Kier alpha value is -2.34. The van der Waals surface area contributed by atoms with Gasteiger partial charge >= 0.3 is 0 Å². The van der Waals surface area contributed by atoms with E-state index in [2.05, 4.69) is 21.1 Å². The Bertz CT molecular complexity index is 859. The van der Waals surface area contributed by atoms with E-state index in [0.29, 0.717) is 12.4 Å². The standard InChI is InChI=1S/C18H21N5O/c1-3-17-21-18(22-24-17)15-9-6-10-23(15)11-16-19-12(2)13-7-4-5-8-14(13)20-16/h4-5,7-8,15H,3,6,9-11H2,1-2H3/t15-/m0/s1. The summed E-state index contributed by atoms with van der Waals surface area (Å²) in [6.07, 6.45) is 2.95. The molecule has 124 valence electrons. The van der Waals surface area contributed by atoms with Crippen LogP contribution in [0.1, 0.15) is 49.0 Å². The van der Waals surface area contributed by atoms with Crippen LogP contribution in [0.4, 0.5) is 0 Å². The molecule has 1 aliphatic heterocycles. The van der Waals surface area contributed by atoms with Crippen LogP contribution in [0.2, 0.25) is 0 Å². The van der Waals surface area contributed by atoms with Gasteiger partial charge in [0.05, 0.1) is 18.1 Å². The normalized spacial score (nSPS) is 18.5. The fraction of sp³-hybridized carbons (Fsp3) is 0.444. The lowest BCUT2D eigenvalue weighted by Gasteiger charge is -2.21. The molecular weight excluding hydrogens is 302 g/mol. The van der Waals surface area contributed by atoms with Crippen molar-refractivity contribution < 1.29 is 4.52 Å². The lowest BCUT2D eigenvalue weighted by molar-refractivity contribution is 0.228. The van der Waals surface area contributed by atoms with Crippen molar-refractivity contribution in [3.63, 3.8) is 0 Å². The summed E-state index contributed by atoms with van der Waals surface area (Å²) in [5, 5.41) is 5.28. The highest BCUT2D eigenvalue weighted by atomic mass is 16.5. The van der Waals surface area contributed by atoms with Gasteiger partial charge in [-0.3, -0.25) is 4.90 Å². The molecule has 3 heterocycles. The van der Waals surface area contributed by atoms with Crippen LogP contribution in [-0.2, 0) is 13.0 Å². The van der Waals surface area contributed by atoms with Gasteiger partial charge in [0.1, 0.15) is 5.82 Å². The van der Waals surface area contributed by atoms with Gasteiger partial charge in [0.2, 0.25) is 5.89 Å². The van der Waals surface area contributed by atoms with Crippen LogP contribution >= 0.6 is 0 Å². The van der Waals surface area contributed by atoms with Crippen LogP contribution in [0.25, 0.3) is 10.9 Å². The minimum atomic E-state index is 0.199. The molecule has 4 rings (SSSR count). The second-order valence-corrected chi connectivity index (χ2v) is 6.27. The Kier molecular flexibility index (Phi) is 3.98. The molecule has 0 N–H and O–H groups in total.